The Morgan fingerprint density at radius 2 is 1.95 bits per heavy atom. The molecule has 9 nitrogen and oxygen atoms in total. The molecule has 1 aliphatic rings. The van der Waals surface area contributed by atoms with Crippen LogP contribution in [0, 0.1) is 36.4 Å². The summed E-state index contributed by atoms with van der Waals surface area (Å²) < 4.78 is 19.7. The number of benzene rings is 2. The number of H-pyrrole nitrogens is 1. The number of hydrogen-bond acceptors (Lipinski definition) is 6. The molecule has 0 unspecified atom stereocenters. The van der Waals surface area contributed by atoms with E-state index in [4.69, 9.17) is 4.74 Å². The van der Waals surface area contributed by atoms with E-state index >= 15 is 0 Å². The van der Waals surface area contributed by atoms with Gasteiger partial charge in [0.1, 0.15) is 11.6 Å². The lowest BCUT2D eigenvalue weighted by atomic mass is 9.84. The number of nitrogens with zero attached hydrogens (tertiary/aromatic N) is 3. The van der Waals surface area contributed by atoms with Gasteiger partial charge in [-0.15, -0.1) is 0 Å². The summed E-state index contributed by atoms with van der Waals surface area (Å²) in [5.41, 5.74) is 0.857. The molecule has 10 heteroatoms. The molecule has 2 heterocycles. The molecule has 3 aromatic rings. The van der Waals surface area contributed by atoms with Gasteiger partial charge in [-0.1, -0.05) is 12.1 Å². The quantitative estimate of drug-likeness (QED) is 0.467. The van der Waals surface area contributed by atoms with E-state index in [1.807, 2.05) is 0 Å². The van der Waals surface area contributed by atoms with E-state index in [0.717, 1.165) is 0 Å². The van der Waals surface area contributed by atoms with E-state index in [-0.39, 0.29) is 24.2 Å². The standard InChI is InChI=1S/C29H30FN5O4/c1-17-12-20(8-10-23(17)39-24-13-18(2)33-34-28(24)38)27(37)32-15-26(36)35-22(19-6-5-7-21(30)14-19)9-11-25(35)29(3,4)16-31/h5-8,10,12-14,22,25H,9,11,15H2,1-4H3,(H,32,37)(H,34,38)/t22-,25+/m0/s1. The fourth-order valence-electron chi connectivity index (χ4n) is 4.91. The number of ether oxygens (including phenoxy) is 1. The van der Waals surface area contributed by atoms with Gasteiger partial charge in [-0.3, -0.25) is 14.4 Å². The molecule has 0 aliphatic carbocycles. The molecule has 4 rings (SSSR count). The summed E-state index contributed by atoms with van der Waals surface area (Å²) in [6, 6.07) is 13.8. The molecular weight excluding hydrogens is 501 g/mol. The van der Waals surface area contributed by atoms with Crippen molar-refractivity contribution in [2.75, 3.05) is 6.54 Å². The lowest BCUT2D eigenvalue weighted by Crippen LogP contribution is -2.48. The summed E-state index contributed by atoms with van der Waals surface area (Å²) in [5.74, 6) is -0.736. The second-order valence-corrected chi connectivity index (χ2v) is 10.3. The van der Waals surface area contributed by atoms with Crippen molar-refractivity contribution in [3.8, 4) is 17.6 Å². The third kappa shape index (κ3) is 5.98. The second-order valence-electron chi connectivity index (χ2n) is 10.3. The fraction of sp³-hybridized carbons (Fsp3) is 0.345. The highest BCUT2D eigenvalue weighted by molar-refractivity contribution is 5.97. The third-order valence-electron chi connectivity index (χ3n) is 6.98. The highest BCUT2D eigenvalue weighted by atomic mass is 19.1. The van der Waals surface area contributed by atoms with Crippen LogP contribution >= 0.6 is 0 Å². The zero-order valence-corrected chi connectivity index (χ0v) is 22.2. The van der Waals surface area contributed by atoms with Crippen molar-refractivity contribution in [2.45, 2.75) is 52.6 Å². The number of halogens is 1. The molecule has 2 atom stereocenters. The Labute approximate surface area is 225 Å². The summed E-state index contributed by atoms with van der Waals surface area (Å²) >= 11 is 0. The largest absolute Gasteiger partial charge is 0.451 e. The van der Waals surface area contributed by atoms with Gasteiger partial charge >= 0.3 is 5.56 Å². The Kier molecular flexibility index (Phi) is 7.81. The van der Waals surface area contributed by atoms with Crippen LogP contribution in [0.3, 0.4) is 0 Å². The van der Waals surface area contributed by atoms with Crippen LogP contribution in [-0.2, 0) is 4.79 Å². The SMILES string of the molecule is Cc1cc(Oc2ccc(C(=O)NCC(=O)N3[C@H](c4cccc(F)c4)CC[C@@H]3C(C)(C)C#N)cc2C)c(=O)[nH]n1. The minimum Gasteiger partial charge on any atom is -0.451 e. The van der Waals surface area contributed by atoms with Crippen molar-refractivity contribution >= 4 is 11.8 Å². The maximum atomic E-state index is 14.0. The zero-order valence-electron chi connectivity index (χ0n) is 22.2. The van der Waals surface area contributed by atoms with Crippen molar-refractivity contribution in [3.63, 3.8) is 0 Å². The number of rotatable bonds is 7. The number of likely N-dealkylation sites (tertiary alicyclic amines) is 1. The summed E-state index contributed by atoms with van der Waals surface area (Å²) in [7, 11) is 0. The van der Waals surface area contributed by atoms with Crippen molar-refractivity contribution in [1.29, 1.82) is 5.26 Å². The van der Waals surface area contributed by atoms with Crippen LogP contribution in [0.4, 0.5) is 4.39 Å². The van der Waals surface area contributed by atoms with Crippen LogP contribution < -0.4 is 15.6 Å². The van der Waals surface area contributed by atoms with Gasteiger partial charge in [-0.25, -0.2) is 9.49 Å². The van der Waals surface area contributed by atoms with Crippen LogP contribution in [0.1, 0.15) is 59.9 Å². The first-order valence-corrected chi connectivity index (χ1v) is 12.6. The van der Waals surface area contributed by atoms with Crippen LogP contribution in [-0.4, -0.2) is 39.5 Å². The summed E-state index contributed by atoms with van der Waals surface area (Å²) in [5, 5.41) is 18.6. The number of aromatic amines is 1. The van der Waals surface area contributed by atoms with Gasteiger partial charge in [-0.05, 0) is 82.0 Å². The van der Waals surface area contributed by atoms with E-state index in [1.165, 1.54) is 24.3 Å². The van der Waals surface area contributed by atoms with Gasteiger partial charge in [0.05, 0.1) is 35.8 Å². The van der Waals surface area contributed by atoms with Gasteiger partial charge in [0.2, 0.25) is 5.91 Å². The van der Waals surface area contributed by atoms with Crippen LogP contribution in [0.15, 0.2) is 53.3 Å². The van der Waals surface area contributed by atoms with Gasteiger partial charge in [-0.2, -0.15) is 10.4 Å². The molecule has 202 valence electrons. The number of amides is 2. The lowest BCUT2D eigenvalue weighted by molar-refractivity contribution is -0.134. The Morgan fingerprint density at radius 3 is 2.64 bits per heavy atom. The molecule has 1 aliphatic heterocycles. The molecule has 1 saturated heterocycles. The van der Waals surface area contributed by atoms with E-state index in [1.54, 1.807) is 56.9 Å². The van der Waals surface area contributed by atoms with Crippen molar-refractivity contribution in [3.05, 3.63) is 87.1 Å². The molecule has 0 saturated carbocycles. The zero-order chi connectivity index (χ0) is 28.3. The number of aromatic nitrogens is 2. The van der Waals surface area contributed by atoms with Crippen LogP contribution in [0.2, 0.25) is 0 Å². The lowest BCUT2D eigenvalue weighted by Gasteiger charge is -2.36. The van der Waals surface area contributed by atoms with E-state index in [2.05, 4.69) is 21.6 Å². The first-order valence-electron chi connectivity index (χ1n) is 12.6. The van der Waals surface area contributed by atoms with Gasteiger partial charge < -0.3 is 15.0 Å². The van der Waals surface area contributed by atoms with E-state index in [9.17, 15) is 24.0 Å². The molecule has 2 N–H and O–H groups in total. The Hall–Kier alpha value is -4.52. The Bertz CT molecular complexity index is 1510. The minimum atomic E-state index is -0.830. The number of aryl methyl sites for hydroxylation is 2. The van der Waals surface area contributed by atoms with Crippen molar-refractivity contribution in [1.82, 2.24) is 20.4 Å². The van der Waals surface area contributed by atoms with Gasteiger partial charge in [0.15, 0.2) is 5.75 Å². The van der Waals surface area contributed by atoms with E-state index in [0.29, 0.717) is 41.0 Å². The number of carbonyl (C=O) groups excluding carboxylic acids is 2. The molecule has 0 radical (unpaired) electrons. The highest BCUT2D eigenvalue weighted by Gasteiger charge is 2.45. The molecule has 1 fully saturated rings. The number of carbonyl (C=O) groups is 2. The van der Waals surface area contributed by atoms with Crippen molar-refractivity contribution < 1.29 is 18.7 Å². The molecule has 0 bridgehead atoms. The summed E-state index contributed by atoms with van der Waals surface area (Å²) in [6.45, 7) is 6.72. The van der Waals surface area contributed by atoms with Gasteiger partial charge in [0.25, 0.3) is 5.91 Å². The molecule has 39 heavy (non-hydrogen) atoms. The average molecular weight is 532 g/mol. The minimum absolute atomic E-state index is 0.0849. The number of hydrogen-bond donors (Lipinski definition) is 2. The maximum absolute atomic E-state index is 14.0. The first kappa shape index (κ1) is 27.5. The van der Waals surface area contributed by atoms with Gasteiger partial charge in [0, 0.05) is 11.6 Å². The normalized spacial score (nSPS) is 17.0. The number of nitriles is 1. The second kappa shape index (κ2) is 11.1. The molecular formula is C29H30FN5O4. The molecule has 0 spiro atoms. The first-order chi connectivity index (χ1) is 18.5. The summed E-state index contributed by atoms with van der Waals surface area (Å²) in [6.07, 6.45) is 1.17. The number of nitrogens with one attached hydrogen (secondary N) is 2. The predicted molar refractivity (Wildman–Crippen MR) is 142 cm³/mol. The topological polar surface area (TPSA) is 128 Å². The summed E-state index contributed by atoms with van der Waals surface area (Å²) in [4.78, 5) is 40.0. The molecule has 2 amide bonds. The molecule has 2 aromatic carbocycles. The molecule has 1 aromatic heterocycles. The average Bonchev–Trinajstić information content (AvgIpc) is 3.37. The monoisotopic (exact) mass is 531 g/mol. The van der Waals surface area contributed by atoms with E-state index < -0.39 is 28.7 Å². The fourth-order valence-corrected chi connectivity index (χ4v) is 4.91. The van der Waals surface area contributed by atoms with Crippen LogP contribution in [0.5, 0.6) is 11.5 Å². The predicted octanol–water partition coefficient (Wildman–Crippen LogP) is 4.33. The van der Waals surface area contributed by atoms with Crippen molar-refractivity contribution in [2.24, 2.45) is 5.41 Å². The van der Waals surface area contributed by atoms with Crippen LogP contribution in [0.25, 0.3) is 0 Å². The third-order valence-corrected chi connectivity index (χ3v) is 6.98. The Morgan fingerprint density at radius 1 is 1.18 bits per heavy atom. The maximum Gasteiger partial charge on any atom is 0.307 e. The Balaban J connectivity index is 1.49. The smallest absolute Gasteiger partial charge is 0.307 e. The highest BCUT2D eigenvalue weighted by Crippen LogP contribution is 2.43.